The summed E-state index contributed by atoms with van der Waals surface area (Å²) in [5, 5.41) is 48.0. The smallest absolute Gasteiger partial charge is 0.114 e. The van der Waals surface area contributed by atoms with E-state index in [-0.39, 0.29) is 141 Å². The second-order valence-electron chi connectivity index (χ2n) is 29.6. The van der Waals surface area contributed by atoms with Crippen LogP contribution in [0.4, 0.5) is 0 Å². The van der Waals surface area contributed by atoms with Crippen LogP contribution in [0.25, 0.3) is 224 Å². The molecule has 0 N–H and O–H groups in total. The van der Waals surface area contributed by atoms with Gasteiger partial charge in [-0.2, -0.15) is 10.3 Å². The minimum absolute atomic E-state index is 0. The molecule has 651 valence electrons. The first kappa shape index (κ1) is 92.4. The average molecular weight is 2980 g/mol. The van der Waals surface area contributed by atoms with Crippen molar-refractivity contribution in [3.8, 4) is 5.69 Å². The Morgan fingerprint density at radius 3 is 1.38 bits per heavy atom. The van der Waals surface area contributed by atoms with Gasteiger partial charge in [-0.1, -0.05) is 232 Å². The first-order chi connectivity index (χ1) is 61.5. The van der Waals surface area contributed by atoms with Gasteiger partial charge in [-0.05, 0) is 188 Å². The fourth-order valence-electron chi connectivity index (χ4n) is 17.4. The predicted octanol–water partition coefficient (Wildman–Crippen LogP) is 26.3. The van der Waals surface area contributed by atoms with Crippen molar-refractivity contribution in [2.24, 2.45) is 0 Å². The van der Waals surface area contributed by atoms with E-state index in [0.717, 1.165) is 175 Å². The van der Waals surface area contributed by atoms with E-state index in [9.17, 15) is 0 Å². The molecule has 16 heterocycles. The maximum absolute atomic E-state index is 5.70. The minimum atomic E-state index is 0. The Morgan fingerprint density at radius 2 is 0.779 bits per heavy atom. The first-order valence-corrected chi connectivity index (χ1v) is 41.4. The Morgan fingerprint density at radius 1 is 0.328 bits per heavy atom. The zero-order chi connectivity index (χ0) is 82.3. The Labute approximate surface area is 846 Å². The molecule has 0 aliphatic heterocycles. The molecule has 0 saturated carbocycles. The van der Waals surface area contributed by atoms with Crippen LogP contribution in [0.1, 0.15) is 11.1 Å². The molecule has 16 aromatic heterocycles. The number of imidazole rings is 2. The van der Waals surface area contributed by atoms with Crippen LogP contribution < -0.4 is 0 Å². The molecule has 0 bridgehead atoms. The van der Waals surface area contributed by atoms with E-state index in [1.807, 2.05) is 126 Å². The number of furan rings is 4. The third-order valence-corrected chi connectivity index (χ3v) is 24.0. The number of hydrogen-bond donors (Lipinski definition) is 0. The quantitative estimate of drug-likeness (QED) is 0.111. The second kappa shape index (κ2) is 39.7. The maximum atomic E-state index is 5.70. The van der Waals surface area contributed by atoms with Gasteiger partial charge >= 0.3 is 0 Å². The number of aromatic nitrogens is 13. The fraction of sp³-hybridized carbons (Fsp3) is 0.0192. The molecular weight excluding hydrogens is 2920 g/mol. The molecule has 0 saturated heterocycles. The number of pyridine rings is 6. The van der Waals surface area contributed by atoms with Crippen LogP contribution in [0.15, 0.2) is 339 Å². The molecule has 0 aliphatic carbocycles. The molecule has 0 spiro atoms. The number of hydrogen-bond acceptors (Lipinski definition) is 17. The van der Waals surface area contributed by atoms with E-state index in [1.165, 1.54) is 71.4 Å². The number of aryl methyl sites for hydroxylation is 2. The van der Waals surface area contributed by atoms with Crippen molar-refractivity contribution in [2.45, 2.75) is 13.8 Å². The van der Waals surface area contributed by atoms with Crippen LogP contribution in [0, 0.1) is 55.3 Å². The third-order valence-electron chi connectivity index (χ3n) is 22.8. The molecule has 131 heavy (non-hydrogen) atoms. The van der Waals surface area contributed by atoms with Crippen LogP contribution in [-0.4, -0.2) is 63.0 Å². The van der Waals surface area contributed by atoms with Crippen LogP contribution in [0.2, 0.25) is 0 Å². The summed E-state index contributed by atoms with van der Waals surface area (Å²) in [6, 6.07) is 89.8. The number of rotatable bonds is 1. The number of thiophene rings is 1. The molecular formula is C104H58Ir7N13O5S2-7. The summed E-state index contributed by atoms with van der Waals surface area (Å²) < 4.78 is 37.8. The molecule has 29 rings (SSSR count). The molecule has 0 amide bonds. The Kier molecular flexibility index (Phi) is 28.0. The van der Waals surface area contributed by atoms with Crippen LogP contribution in [0.5, 0.6) is 0 Å². The van der Waals surface area contributed by atoms with E-state index in [1.54, 1.807) is 61.3 Å². The van der Waals surface area contributed by atoms with E-state index >= 15 is 0 Å². The normalized spacial score (nSPS) is 11.0. The molecule has 27 heteroatoms. The SMILES string of the molecule is Cc1cccc(C)c1-n1cnc2c3[c-]coc3c3ccccc3c21.[Ir].[Ir].[Ir].[Ir].[Ir].[Ir].[Ir].[c-]1coc2c1c1ncccc1c1ccccc12.[c-]1coc2c1c1nccn1c1ccccc21.[c-]1noc2c1c1ncccc1c1ccccc12.[c-]1occ2c1c1nncn1c1ccccc21.[c-]1scc2c1c1ncccc1c1ccccc21.[c-]1snc2c1c1ncccc1c1ccccc12. The second-order valence-corrected chi connectivity index (χ2v) is 30.8. The zero-order valence-corrected chi connectivity index (χ0v) is 86.4. The first-order valence-electron chi connectivity index (χ1n) is 39.7. The maximum Gasteiger partial charge on any atom is 0.114 e. The third kappa shape index (κ3) is 16.1. The molecule has 18 nitrogen and oxygen atoms in total. The molecule has 0 unspecified atom stereocenters. The van der Waals surface area contributed by atoms with Crippen LogP contribution in [-0.2, 0) is 141 Å². The van der Waals surface area contributed by atoms with Gasteiger partial charge in [0.25, 0.3) is 0 Å². The van der Waals surface area contributed by atoms with Gasteiger partial charge in [0.1, 0.15) is 6.33 Å². The van der Waals surface area contributed by atoms with Crippen LogP contribution >= 0.6 is 22.9 Å². The van der Waals surface area contributed by atoms with Crippen molar-refractivity contribution in [1.29, 1.82) is 0 Å². The topological polar surface area (TPSA) is 208 Å². The fourth-order valence-corrected chi connectivity index (χ4v) is 18.7. The van der Waals surface area contributed by atoms with E-state index in [0.29, 0.717) is 0 Å². The van der Waals surface area contributed by atoms with Crippen molar-refractivity contribution < 1.29 is 163 Å². The summed E-state index contributed by atoms with van der Waals surface area (Å²) >= 11 is 2.99. The monoisotopic (exact) mass is 2980 g/mol. The van der Waals surface area contributed by atoms with Gasteiger partial charge < -0.3 is 65.5 Å². The Bertz CT molecular complexity index is 8080. The summed E-state index contributed by atoms with van der Waals surface area (Å²) in [6.07, 6.45) is 26.8. The van der Waals surface area contributed by atoms with Gasteiger partial charge in [0.15, 0.2) is 0 Å². The summed E-state index contributed by atoms with van der Waals surface area (Å²) in [7, 11) is 0. The van der Waals surface area contributed by atoms with E-state index < -0.39 is 0 Å². The largest absolute Gasteiger partial charge is 0.564 e. The van der Waals surface area contributed by atoms with Gasteiger partial charge in [0, 0.05) is 242 Å². The standard InChI is InChI=1S/C21H15N2O.C15H8NO.C15H8NS.C14H7N2O.C14H7N2S.C13H7N2O.C12H6N3O.7Ir/c1-13-6-5-7-14(2)19(13)23-12-22-18-17-10-11-24-21(17)16-9-4-3-8-15(16)20(18)23;1-2-5-12-10(4-1)11-6-3-8-16-14(11)13-7-9-17-15(12)13;1-2-5-11-10(4-1)12-6-3-7-16-15(12)14-9-17-8-13(11)14;1-2-5-11-9(4-1)10-6-3-7-15-13(10)12-8-16-17-14(11)12;1-2-5-11-9(4-1)10-6-3-7-15-13(10)12-8-17-16-14(11)12;1-2-4-11-9(3-1)12-10(5-8-16-12)13-14-6-7-15(11)13;1-2-4-11-8(3-1)9-5-16-6-10(9)12-14-13-7-15(11)12;;;;;;;/h3-9,11-12H,1-2H3;1-6,8-9H;1-8H;2*1-7H;1-4,6-8H;1-5,7H;;;;;;;/q7*-1;;;;;;;. The summed E-state index contributed by atoms with van der Waals surface area (Å²) in [5.41, 5.74) is 17.8. The van der Waals surface area contributed by atoms with Crippen molar-refractivity contribution in [2.75, 3.05) is 0 Å². The minimum Gasteiger partial charge on any atom is -0.564 e. The number of benzene rings is 13. The summed E-state index contributed by atoms with van der Waals surface area (Å²) in [6.45, 7) is 4.28. The average Bonchev–Trinajstić information content (AvgIpc) is 1.61. The van der Waals surface area contributed by atoms with Crippen molar-refractivity contribution in [3.05, 3.63) is 369 Å². The van der Waals surface area contributed by atoms with Crippen LogP contribution in [0.3, 0.4) is 0 Å². The molecule has 7 radical (unpaired) electrons. The van der Waals surface area contributed by atoms with Gasteiger partial charge in [-0.15, -0.1) is 72.5 Å². The number of fused-ring (bicyclic) bond motifs is 42. The summed E-state index contributed by atoms with van der Waals surface area (Å²) in [5.74, 6) is 0. The molecule has 13 aromatic carbocycles. The van der Waals surface area contributed by atoms with Crippen molar-refractivity contribution in [1.82, 2.24) is 63.0 Å². The number of nitrogens with zero attached hydrogens (tertiary/aromatic N) is 13. The Balaban J connectivity index is 0.000000111. The van der Waals surface area contributed by atoms with Crippen molar-refractivity contribution in [3.63, 3.8) is 0 Å². The molecule has 0 aliphatic rings. The predicted molar refractivity (Wildman–Crippen MR) is 495 cm³/mol. The summed E-state index contributed by atoms with van der Waals surface area (Å²) in [4.78, 5) is 26.9. The van der Waals surface area contributed by atoms with Gasteiger partial charge in [-0.3, -0.25) is 15.7 Å². The van der Waals surface area contributed by atoms with E-state index in [4.69, 9.17) is 27.2 Å². The number of para-hydroxylation sites is 3. The van der Waals surface area contributed by atoms with E-state index in [2.05, 4.69) is 254 Å². The van der Waals surface area contributed by atoms with Crippen molar-refractivity contribution >= 4 is 241 Å². The zero-order valence-electron chi connectivity index (χ0n) is 68.0. The van der Waals surface area contributed by atoms with Gasteiger partial charge in [0.2, 0.25) is 0 Å². The molecule has 29 aromatic rings. The van der Waals surface area contributed by atoms with Gasteiger partial charge in [0.05, 0.1) is 23.2 Å². The molecule has 0 fully saturated rings. The Hall–Kier alpha value is -11.9. The van der Waals surface area contributed by atoms with Gasteiger partial charge in [-0.25, -0.2) is 0 Å². The molecule has 0 atom stereocenters.